The number of methoxy groups -OCH3 is 1. The maximum atomic E-state index is 12.9. The van der Waals surface area contributed by atoms with Gasteiger partial charge in [-0.1, -0.05) is 12.1 Å². The van der Waals surface area contributed by atoms with E-state index >= 15 is 0 Å². The first-order valence-electron chi connectivity index (χ1n) is 9.05. The smallest absolute Gasteiger partial charge is 0.241 e. The number of nitrogens with one attached hydrogen (secondary N) is 1. The van der Waals surface area contributed by atoms with Crippen molar-refractivity contribution >= 4 is 11.8 Å². The van der Waals surface area contributed by atoms with Gasteiger partial charge in [0, 0.05) is 26.7 Å². The van der Waals surface area contributed by atoms with Crippen molar-refractivity contribution in [3.05, 3.63) is 29.8 Å². The van der Waals surface area contributed by atoms with Crippen molar-refractivity contribution in [1.82, 2.24) is 15.1 Å². The van der Waals surface area contributed by atoms with Crippen molar-refractivity contribution < 1.29 is 14.3 Å². The van der Waals surface area contributed by atoms with Gasteiger partial charge in [0.05, 0.1) is 13.2 Å². The Morgan fingerprint density at radius 1 is 1.12 bits per heavy atom. The number of hydrogen-bond donors (Lipinski definition) is 1. The second-order valence-corrected chi connectivity index (χ2v) is 6.72. The number of likely N-dealkylation sites (tertiary alicyclic amines) is 2. The fraction of sp³-hybridized carbons (Fsp3) is 0.579. The first-order valence-corrected chi connectivity index (χ1v) is 9.05. The number of hydrogen-bond acceptors (Lipinski definition) is 4. The zero-order valence-electron chi connectivity index (χ0n) is 15.0. The molecule has 3 rings (SSSR count). The van der Waals surface area contributed by atoms with E-state index in [1.54, 1.807) is 14.2 Å². The number of carbonyl (C=O) groups is 2. The lowest BCUT2D eigenvalue weighted by Gasteiger charge is -2.33. The molecule has 0 aromatic heterocycles. The summed E-state index contributed by atoms with van der Waals surface area (Å²) < 4.78 is 5.21. The average molecular weight is 345 g/mol. The van der Waals surface area contributed by atoms with Crippen molar-refractivity contribution in [3.63, 3.8) is 0 Å². The fourth-order valence-corrected chi connectivity index (χ4v) is 3.93. The summed E-state index contributed by atoms with van der Waals surface area (Å²) >= 11 is 0. The second kappa shape index (κ2) is 7.87. The molecule has 1 N–H and O–H groups in total. The van der Waals surface area contributed by atoms with Crippen LogP contribution < -0.4 is 10.1 Å². The van der Waals surface area contributed by atoms with E-state index in [2.05, 4.69) is 10.2 Å². The van der Waals surface area contributed by atoms with Gasteiger partial charge >= 0.3 is 0 Å². The summed E-state index contributed by atoms with van der Waals surface area (Å²) in [5, 5.41) is 2.76. The zero-order chi connectivity index (χ0) is 17.8. The Bertz CT molecular complexity index is 611. The van der Waals surface area contributed by atoms with Crippen LogP contribution in [0.15, 0.2) is 24.3 Å². The van der Waals surface area contributed by atoms with Crippen LogP contribution in [0.3, 0.4) is 0 Å². The molecular formula is C19H27N3O3. The molecule has 136 valence electrons. The fourth-order valence-electron chi connectivity index (χ4n) is 3.93. The van der Waals surface area contributed by atoms with E-state index in [-0.39, 0.29) is 17.9 Å². The molecule has 0 radical (unpaired) electrons. The van der Waals surface area contributed by atoms with Gasteiger partial charge < -0.3 is 15.0 Å². The van der Waals surface area contributed by atoms with Gasteiger partial charge in [0.25, 0.3) is 0 Å². The van der Waals surface area contributed by atoms with Crippen molar-refractivity contribution in [2.24, 2.45) is 0 Å². The van der Waals surface area contributed by atoms with Gasteiger partial charge in [-0.25, -0.2) is 0 Å². The van der Waals surface area contributed by atoms with Crippen LogP contribution in [-0.2, 0) is 9.59 Å². The molecule has 6 nitrogen and oxygen atoms in total. The van der Waals surface area contributed by atoms with Gasteiger partial charge in [0.1, 0.15) is 11.8 Å². The molecule has 0 aliphatic carbocycles. The number of ether oxygens (including phenoxy) is 1. The average Bonchev–Trinajstić information content (AvgIpc) is 3.34. The molecule has 25 heavy (non-hydrogen) atoms. The topological polar surface area (TPSA) is 61.9 Å². The number of amides is 2. The van der Waals surface area contributed by atoms with Crippen molar-refractivity contribution in [2.75, 3.05) is 33.8 Å². The zero-order valence-corrected chi connectivity index (χ0v) is 15.0. The van der Waals surface area contributed by atoms with Crippen LogP contribution in [0.2, 0.25) is 0 Å². The number of rotatable bonds is 5. The minimum absolute atomic E-state index is 0.0775. The van der Waals surface area contributed by atoms with Crippen LogP contribution in [0.4, 0.5) is 0 Å². The normalized spacial score (nSPS) is 22.0. The second-order valence-electron chi connectivity index (χ2n) is 6.72. The molecule has 2 saturated heterocycles. The number of carbonyl (C=O) groups excluding carboxylic acids is 2. The largest absolute Gasteiger partial charge is 0.497 e. The molecule has 2 aliphatic heterocycles. The lowest BCUT2D eigenvalue weighted by Crippen LogP contribution is -2.49. The Kier molecular flexibility index (Phi) is 5.58. The minimum atomic E-state index is -0.449. The molecule has 0 bridgehead atoms. The number of benzene rings is 1. The summed E-state index contributed by atoms with van der Waals surface area (Å²) in [6.07, 6.45) is 3.92. The van der Waals surface area contributed by atoms with E-state index in [1.165, 1.54) is 0 Å². The van der Waals surface area contributed by atoms with Crippen LogP contribution in [0.25, 0.3) is 0 Å². The van der Waals surface area contributed by atoms with Gasteiger partial charge in [-0.05, 0) is 43.4 Å². The summed E-state index contributed by atoms with van der Waals surface area (Å²) in [6.45, 7) is 2.45. The number of nitrogens with zero attached hydrogens (tertiary/aromatic N) is 2. The lowest BCUT2D eigenvalue weighted by molar-refractivity contribution is -0.137. The van der Waals surface area contributed by atoms with Crippen molar-refractivity contribution in [3.8, 4) is 5.75 Å². The van der Waals surface area contributed by atoms with Crippen molar-refractivity contribution in [2.45, 2.75) is 37.8 Å². The molecule has 1 aromatic carbocycles. The predicted molar refractivity (Wildman–Crippen MR) is 95.3 cm³/mol. The lowest BCUT2D eigenvalue weighted by atomic mass is 10.0. The summed E-state index contributed by atoms with van der Waals surface area (Å²) in [4.78, 5) is 29.6. The summed E-state index contributed by atoms with van der Waals surface area (Å²) in [6, 6.07) is 6.89. The Balaban J connectivity index is 1.86. The molecule has 2 heterocycles. The molecule has 2 fully saturated rings. The highest BCUT2D eigenvalue weighted by Gasteiger charge is 2.41. The molecule has 0 spiro atoms. The van der Waals surface area contributed by atoms with Gasteiger partial charge in [-0.2, -0.15) is 0 Å². The van der Waals surface area contributed by atoms with E-state index in [1.807, 2.05) is 29.2 Å². The number of likely N-dealkylation sites (N-methyl/N-ethyl adjacent to an activating group) is 1. The highest BCUT2D eigenvalue weighted by molar-refractivity contribution is 5.86. The molecule has 2 aliphatic rings. The molecule has 0 unspecified atom stereocenters. The van der Waals surface area contributed by atoms with Crippen LogP contribution in [0.5, 0.6) is 5.75 Å². The van der Waals surface area contributed by atoms with Gasteiger partial charge in [0.2, 0.25) is 11.8 Å². The Morgan fingerprint density at radius 2 is 1.80 bits per heavy atom. The predicted octanol–water partition coefficient (Wildman–Crippen LogP) is 1.57. The first kappa shape index (κ1) is 17.7. The van der Waals surface area contributed by atoms with Crippen LogP contribution in [0.1, 0.15) is 37.3 Å². The maximum absolute atomic E-state index is 12.9. The molecule has 2 atom stereocenters. The molecule has 1 aromatic rings. The third-order valence-corrected chi connectivity index (χ3v) is 5.25. The third kappa shape index (κ3) is 3.63. The SMILES string of the molecule is CNC(=O)[C@@H](c1ccc(OC)cc1)N1CCC[C@H]1C(=O)N1CCCC1. The molecule has 2 amide bonds. The van der Waals surface area contributed by atoms with Crippen LogP contribution in [0, 0.1) is 0 Å². The standard InChI is InChI=1S/C19H27N3O3/c1-20-18(23)17(14-7-9-15(25-2)10-8-14)22-13-5-6-16(22)19(24)21-11-3-4-12-21/h7-10,16-17H,3-6,11-13H2,1-2H3,(H,20,23)/t16-,17+/m0/s1. The van der Waals surface area contributed by atoms with Gasteiger partial charge in [-0.15, -0.1) is 0 Å². The molecule has 0 saturated carbocycles. The minimum Gasteiger partial charge on any atom is -0.497 e. The Morgan fingerprint density at radius 3 is 2.40 bits per heavy atom. The molecular weight excluding hydrogens is 318 g/mol. The molecule has 6 heteroatoms. The Hall–Kier alpha value is -2.08. The van der Waals surface area contributed by atoms with Crippen molar-refractivity contribution in [1.29, 1.82) is 0 Å². The quantitative estimate of drug-likeness (QED) is 0.880. The highest BCUT2D eigenvalue weighted by atomic mass is 16.5. The van der Waals surface area contributed by atoms with E-state index in [4.69, 9.17) is 4.74 Å². The van der Waals surface area contributed by atoms with Crippen LogP contribution >= 0.6 is 0 Å². The first-order chi connectivity index (χ1) is 12.2. The monoisotopic (exact) mass is 345 g/mol. The van der Waals surface area contributed by atoms with E-state index in [9.17, 15) is 9.59 Å². The van der Waals surface area contributed by atoms with Gasteiger partial charge in [0.15, 0.2) is 0 Å². The summed E-state index contributed by atoms with van der Waals surface area (Å²) in [5.74, 6) is 0.856. The van der Waals surface area contributed by atoms with Gasteiger partial charge in [-0.3, -0.25) is 14.5 Å². The Labute approximate surface area is 149 Å². The van der Waals surface area contributed by atoms with E-state index < -0.39 is 6.04 Å². The highest BCUT2D eigenvalue weighted by Crippen LogP contribution is 2.32. The maximum Gasteiger partial charge on any atom is 0.241 e. The van der Waals surface area contributed by atoms with Crippen LogP contribution in [-0.4, -0.2) is 61.4 Å². The third-order valence-electron chi connectivity index (χ3n) is 5.25. The van der Waals surface area contributed by atoms with E-state index in [0.717, 1.165) is 56.6 Å². The van der Waals surface area contributed by atoms with E-state index in [0.29, 0.717) is 0 Å². The summed E-state index contributed by atoms with van der Waals surface area (Å²) in [7, 11) is 3.27. The summed E-state index contributed by atoms with van der Waals surface area (Å²) in [5.41, 5.74) is 0.890.